The molecule has 0 aromatic heterocycles. The van der Waals surface area contributed by atoms with Gasteiger partial charge in [0.05, 0.1) is 13.7 Å². The lowest BCUT2D eigenvalue weighted by Crippen LogP contribution is -2.51. The first-order valence-corrected chi connectivity index (χ1v) is 11.2. The maximum atomic E-state index is 12.6. The van der Waals surface area contributed by atoms with E-state index in [1.165, 1.54) is 0 Å². The highest BCUT2D eigenvalue weighted by Crippen LogP contribution is 2.28. The number of carbonyl (C=O) groups excluding carboxylic acids is 2. The van der Waals surface area contributed by atoms with E-state index in [0.29, 0.717) is 44.2 Å². The van der Waals surface area contributed by atoms with Crippen molar-refractivity contribution in [3.8, 4) is 11.5 Å². The van der Waals surface area contributed by atoms with Crippen LogP contribution in [-0.2, 0) is 9.59 Å². The summed E-state index contributed by atoms with van der Waals surface area (Å²) in [4.78, 5) is 29.0. The van der Waals surface area contributed by atoms with Crippen molar-refractivity contribution in [3.63, 3.8) is 0 Å². The van der Waals surface area contributed by atoms with Gasteiger partial charge in [0.2, 0.25) is 5.91 Å². The molecule has 1 heterocycles. The molecule has 1 N–H and O–H groups in total. The number of methoxy groups -OCH3 is 1. The molecule has 1 aliphatic rings. The number of benzene rings is 2. The van der Waals surface area contributed by atoms with Gasteiger partial charge in [0.25, 0.3) is 5.91 Å². The zero-order valence-corrected chi connectivity index (χ0v) is 19.9. The Kier molecular flexibility index (Phi) is 8.49. The predicted octanol–water partition coefficient (Wildman–Crippen LogP) is 3.51. The quantitative estimate of drug-likeness (QED) is 0.665. The van der Waals surface area contributed by atoms with E-state index in [0.717, 1.165) is 22.4 Å². The highest BCUT2D eigenvalue weighted by molar-refractivity contribution is 5.93. The van der Waals surface area contributed by atoms with Crippen molar-refractivity contribution < 1.29 is 19.1 Å². The van der Waals surface area contributed by atoms with Crippen LogP contribution in [0.4, 0.5) is 5.69 Å². The molecule has 0 spiro atoms. The first kappa shape index (κ1) is 24.3. The molecule has 2 aromatic rings. The minimum absolute atomic E-state index is 0.0380. The van der Waals surface area contributed by atoms with Gasteiger partial charge in [0, 0.05) is 31.9 Å². The minimum Gasteiger partial charge on any atom is -0.493 e. The van der Waals surface area contributed by atoms with Crippen molar-refractivity contribution in [3.05, 3.63) is 59.2 Å². The average molecular weight is 452 g/mol. The summed E-state index contributed by atoms with van der Waals surface area (Å²) in [6.45, 7) is 8.61. The van der Waals surface area contributed by atoms with E-state index in [1.807, 2.05) is 69.3 Å². The average Bonchev–Trinajstić information content (AvgIpc) is 2.81. The molecule has 1 saturated heterocycles. The molecule has 0 unspecified atom stereocenters. The van der Waals surface area contributed by atoms with Crippen molar-refractivity contribution in [1.82, 2.24) is 9.80 Å². The van der Waals surface area contributed by atoms with E-state index in [9.17, 15) is 9.59 Å². The Balaban J connectivity index is 1.46. The Bertz CT molecular complexity index is 990. The van der Waals surface area contributed by atoms with Crippen LogP contribution < -0.4 is 14.8 Å². The Hall–Kier alpha value is -3.32. The van der Waals surface area contributed by atoms with E-state index < -0.39 is 0 Å². The maximum absolute atomic E-state index is 12.6. The lowest BCUT2D eigenvalue weighted by molar-refractivity contribution is -0.135. The first-order chi connectivity index (χ1) is 15.9. The maximum Gasteiger partial charge on any atom is 0.260 e. The van der Waals surface area contributed by atoms with Crippen molar-refractivity contribution in [2.45, 2.75) is 20.8 Å². The largest absolute Gasteiger partial charge is 0.493 e. The Morgan fingerprint density at radius 1 is 1.03 bits per heavy atom. The molecule has 0 saturated carbocycles. The molecule has 33 heavy (non-hydrogen) atoms. The first-order valence-electron chi connectivity index (χ1n) is 11.2. The van der Waals surface area contributed by atoms with Crippen LogP contribution in [0.3, 0.4) is 0 Å². The number of aryl methyl sites for hydroxylation is 2. The lowest BCUT2D eigenvalue weighted by atomic mass is 10.1. The smallest absolute Gasteiger partial charge is 0.260 e. The van der Waals surface area contributed by atoms with Gasteiger partial charge in [-0.3, -0.25) is 14.5 Å². The van der Waals surface area contributed by atoms with E-state index in [2.05, 4.69) is 10.2 Å². The Labute approximate surface area is 196 Å². The van der Waals surface area contributed by atoms with Crippen molar-refractivity contribution in [1.29, 1.82) is 0 Å². The molecular weight excluding hydrogens is 418 g/mol. The molecule has 1 fully saturated rings. The minimum atomic E-state index is -0.0748. The highest BCUT2D eigenvalue weighted by Gasteiger charge is 2.23. The number of ether oxygens (including phenoxy) is 2. The van der Waals surface area contributed by atoms with Crippen LogP contribution in [0.2, 0.25) is 0 Å². The molecule has 2 aromatic carbocycles. The zero-order valence-electron chi connectivity index (χ0n) is 19.9. The van der Waals surface area contributed by atoms with Gasteiger partial charge in [-0.2, -0.15) is 0 Å². The van der Waals surface area contributed by atoms with Crippen LogP contribution in [-0.4, -0.2) is 68.1 Å². The second-order valence-corrected chi connectivity index (χ2v) is 8.17. The molecule has 0 atom stereocenters. The number of para-hydroxylation sites is 1. The van der Waals surface area contributed by atoms with E-state index in [-0.39, 0.29) is 18.4 Å². The molecule has 1 aliphatic heterocycles. The SMILES string of the molecule is C/C=C/c1ccc(OCC(=O)N2CCN(CC(=O)Nc3c(C)cccc3C)CC2)c(OC)c1. The fourth-order valence-corrected chi connectivity index (χ4v) is 3.88. The van der Waals surface area contributed by atoms with Crippen molar-refractivity contribution in [2.24, 2.45) is 0 Å². The third-order valence-electron chi connectivity index (χ3n) is 5.74. The fraction of sp³-hybridized carbons (Fsp3) is 0.385. The number of allylic oxidation sites excluding steroid dienone is 1. The molecule has 2 amide bonds. The van der Waals surface area contributed by atoms with Crippen LogP contribution >= 0.6 is 0 Å². The summed E-state index contributed by atoms with van der Waals surface area (Å²) in [7, 11) is 1.58. The van der Waals surface area contributed by atoms with Crippen molar-refractivity contribution >= 4 is 23.6 Å². The Morgan fingerprint density at radius 3 is 2.36 bits per heavy atom. The molecular formula is C26H33N3O4. The summed E-state index contributed by atoms with van der Waals surface area (Å²) in [6, 6.07) is 11.6. The van der Waals surface area contributed by atoms with Crippen LogP contribution in [0, 0.1) is 13.8 Å². The van der Waals surface area contributed by atoms with Gasteiger partial charge in [-0.1, -0.05) is 36.4 Å². The number of nitrogens with zero attached hydrogens (tertiary/aromatic N) is 2. The van der Waals surface area contributed by atoms with E-state index in [1.54, 1.807) is 12.0 Å². The monoisotopic (exact) mass is 451 g/mol. The number of hydrogen-bond donors (Lipinski definition) is 1. The van der Waals surface area contributed by atoms with Gasteiger partial charge in [0.1, 0.15) is 0 Å². The van der Waals surface area contributed by atoms with E-state index >= 15 is 0 Å². The number of nitrogens with one attached hydrogen (secondary N) is 1. The third-order valence-corrected chi connectivity index (χ3v) is 5.74. The van der Waals surface area contributed by atoms with Gasteiger partial charge >= 0.3 is 0 Å². The van der Waals surface area contributed by atoms with Crippen LogP contribution in [0.25, 0.3) is 6.08 Å². The van der Waals surface area contributed by atoms with Crippen LogP contribution in [0.5, 0.6) is 11.5 Å². The van der Waals surface area contributed by atoms with Gasteiger partial charge in [-0.25, -0.2) is 0 Å². The third kappa shape index (κ3) is 6.58. The summed E-state index contributed by atoms with van der Waals surface area (Å²) in [5, 5.41) is 3.02. The number of amides is 2. The summed E-state index contributed by atoms with van der Waals surface area (Å²) >= 11 is 0. The van der Waals surface area contributed by atoms with Crippen LogP contribution in [0.15, 0.2) is 42.5 Å². The summed E-state index contributed by atoms with van der Waals surface area (Å²) in [5.74, 6) is 1.03. The zero-order chi connectivity index (χ0) is 23.8. The molecule has 0 aliphatic carbocycles. The van der Waals surface area contributed by atoms with Gasteiger partial charge in [-0.15, -0.1) is 0 Å². The normalized spacial score (nSPS) is 14.4. The van der Waals surface area contributed by atoms with Gasteiger partial charge in [0.15, 0.2) is 18.1 Å². The number of carbonyl (C=O) groups is 2. The van der Waals surface area contributed by atoms with Gasteiger partial charge < -0.3 is 19.7 Å². The summed E-state index contributed by atoms with van der Waals surface area (Å²) in [6.07, 6.45) is 3.92. The fourth-order valence-electron chi connectivity index (χ4n) is 3.88. The molecule has 3 rings (SSSR count). The number of anilines is 1. The van der Waals surface area contributed by atoms with Crippen molar-refractivity contribution in [2.75, 3.05) is 51.8 Å². The molecule has 7 nitrogen and oxygen atoms in total. The second kappa shape index (κ2) is 11.5. The lowest BCUT2D eigenvalue weighted by Gasteiger charge is -2.34. The second-order valence-electron chi connectivity index (χ2n) is 8.17. The molecule has 0 bridgehead atoms. The Morgan fingerprint density at radius 2 is 1.73 bits per heavy atom. The number of rotatable bonds is 8. The molecule has 7 heteroatoms. The predicted molar refractivity (Wildman–Crippen MR) is 131 cm³/mol. The standard InChI is InChI=1S/C26H33N3O4/c1-5-7-21-10-11-22(23(16-21)32-4)33-18-25(31)29-14-12-28(13-15-29)17-24(30)27-26-19(2)8-6-9-20(26)3/h5-11,16H,12-15,17-18H2,1-4H3,(H,27,30)/b7-5+. The molecule has 176 valence electrons. The summed E-state index contributed by atoms with van der Waals surface area (Å²) < 4.78 is 11.1. The highest BCUT2D eigenvalue weighted by atomic mass is 16.5. The number of piperazine rings is 1. The topological polar surface area (TPSA) is 71.1 Å². The van der Waals surface area contributed by atoms with Gasteiger partial charge in [-0.05, 0) is 49.6 Å². The molecule has 0 radical (unpaired) electrons. The number of hydrogen-bond acceptors (Lipinski definition) is 5. The summed E-state index contributed by atoms with van der Waals surface area (Å²) in [5.41, 5.74) is 3.98. The van der Waals surface area contributed by atoms with E-state index in [4.69, 9.17) is 9.47 Å². The van der Waals surface area contributed by atoms with Crippen LogP contribution in [0.1, 0.15) is 23.6 Å².